The highest BCUT2D eigenvalue weighted by molar-refractivity contribution is 7.87. The number of halogens is 1. The van der Waals surface area contributed by atoms with E-state index < -0.39 is 10.2 Å². The van der Waals surface area contributed by atoms with Gasteiger partial charge in [0.2, 0.25) is 0 Å². The van der Waals surface area contributed by atoms with Crippen LogP contribution in [0.25, 0.3) is 0 Å². The van der Waals surface area contributed by atoms with Crippen molar-refractivity contribution >= 4 is 21.8 Å². The average Bonchev–Trinajstić information content (AvgIpc) is 2.43. The third kappa shape index (κ3) is 6.44. The van der Waals surface area contributed by atoms with Crippen molar-refractivity contribution in [2.75, 3.05) is 20.1 Å². The van der Waals surface area contributed by atoms with Gasteiger partial charge in [-0.15, -0.1) is 0 Å². The van der Waals surface area contributed by atoms with Gasteiger partial charge in [0.25, 0.3) is 10.2 Å². The third-order valence-electron chi connectivity index (χ3n) is 2.98. The zero-order valence-corrected chi connectivity index (χ0v) is 13.8. The number of rotatable bonds is 8. The van der Waals surface area contributed by atoms with Gasteiger partial charge >= 0.3 is 0 Å². The molecule has 7 heteroatoms. The molecule has 1 atom stereocenters. The molecule has 0 saturated carbocycles. The first-order valence-electron chi connectivity index (χ1n) is 6.70. The molecule has 0 aliphatic heterocycles. The molecule has 1 rings (SSSR count). The lowest BCUT2D eigenvalue weighted by Crippen LogP contribution is -2.40. The molecule has 21 heavy (non-hydrogen) atoms. The lowest BCUT2D eigenvalue weighted by molar-refractivity contribution is 0.429. The highest BCUT2D eigenvalue weighted by Crippen LogP contribution is 2.12. The largest absolute Gasteiger partial charge is 0.279 e. The molecule has 0 aromatic heterocycles. The zero-order chi connectivity index (χ0) is 15.9. The Morgan fingerprint density at radius 3 is 2.81 bits per heavy atom. The van der Waals surface area contributed by atoms with Gasteiger partial charge in [-0.1, -0.05) is 23.7 Å². The number of benzene rings is 1. The Morgan fingerprint density at radius 2 is 2.19 bits per heavy atom. The molecular weight excluding hydrogens is 310 g/mol. The summed E-state index contributed by atoms with van der Waals surface area (Å²) in [5.41, 5.74) is 1.08. The van der Waals surface area contributed by atoms with Crippen LogP contribution >= 0.6 is 11.6 Å². The van der Waals surface area contributed by atoms with Crippen LogP contribution in [0.3, 0.4) is 0 Å². The predicted molar refractivity (Wildman–Crippen MR) is 84.1 cm³/mol. The molecule has 0 spiro atoms. The van der Waals surface area contributed by atoms with E-state index in [4.69, 9.17) is 16.9 Å². The molecule has 0 radical (unpaired) electrons. The maximum absolute atomic E-state index is 11.9. The number of nitriles is 1. The van der Waals surface area contributed by atoms with Crippen molar-refractivity contribution in [1.82, 2.24) is 9.03 Å². The maximum atomic E-state index is 11.9. The molecule has 0 amide bonds. The smallest absolute Gasteiger partial charge is 0.202 e. The minimum atomic E-state index is -3.52. The number of hydrogen-bond acceptors (Lipinski definition) is 3. The summed E-state index contributed by atoms with van der Waals surface area (Å²) in [7, 11) is -2.06. The van der Waals surface area contributed by atoms with E-state index in [1.54, 1.807) is 13.0 Å². The second-order valence-corrected chi connectivity index (χ2v) is 7.24. The fourth-order valence-electron chi connectivity index (χ4n) is 1.82. The van der Waals surface area contributed by atoms with Crippen molar-refractivity contribution in [2.45, 2.75) is 19.8 Å². The molecule has 116 valence electrons. The summed E-state index contributed by atoms with van der Waals surface area (Å²) in [4.78, 5) is 0. The van der Waals surface area contributed by atoms with Crippen molar-refractivity contribution < 1.29 is 8.42 Å². The van der Waals surface area contributed by atoms with Crippen LogP contribution in [-0.4, -0.2) is 32.9 Å². The first kappa shape index (κ1) is 17.9. The first-order chi connectivity index (χ1) is 9.85. The van der Waals surface area contributed by atoms with Crippen LogP contribution in [-0.2, 0) is 16.6 Å². The van der Waals surface area contributed by atoms with E-state index >= 15 is 0 Å². The Balaban J connectivity index is 2.39. The van der Waals surface area contributed by atoms with Gasteiger partial charge in [0.1, 0.15) is 0 Å². The molecule has 1 unspecified atom stereocenters. The molecule has 0 bridgehead atoms. The van der Waals surface area contributed by atoms with E-state index in [1.807, 2.05) is 24.3 Å². The Bertz CT molecular complexity index is 598. The van der Waals surface area contributed by atoms with E-state index in [0.717, 1.165) is 12.0 Å². The molecular formula is C14H20ClN3O2S. The Kier molecular flexibility index (Phi) is 7.12. The quantitative estimate of drug-likeness (QED) is 0.743. The standard InChI is InChI=1S/C14H20ClN3O2S/c1-12(10-16)11-18(2)21(19,20)17-8-4-6-13-5-3-7-14(15)9-13/h3,5,7,9,12,17H,4,6,8,11H2,1-2H3. The van der Waals surface area contributed by atoms with Crippen molar-refractivity contribution in [3.8, 4) is 6.07 Å². The lowest BCUT2D eigenvalue weighted by Gasteiger charge is -2.18. The molecule has 1 N–H and O–H groups in total. The van der Waals surface area contributed by atoms with Crippen molar-refractivity contribution in [1.29, 1.82) is 5.26 Å². The number of hydrogen-bond donors (Lipinski definition) is 1. The summed E-state index contributed by atoms with van der Waals surface area (Å²) in [5.74, 6) is -0.335. The highest BCUT2D eigenvalue weighted by Gasteiger charge is 2.18. The number of nitrogens with one attached hydrogen (secondary N) is 1. The Labute approximate surface area is 131 Å². The SMILES string of the molecule is CC(C#N)CN(C)S(=O)(=O)NCCCc1cccc(Cl)c1. The van der Waals surface area contributed by atoms with E-state index in [1.165, 1.54) is 11.4 Å². The molecule has 0 aliphatic carbocycles. The highest BCUT2D eigenvalue weighted by atomic mass is 35.5. The monoisotopic (exact) mass is 329 g/mol. The van der Waals surface area contributed by atoms with Gasteiger partial charge < -0.3 is 0 Å². The first-order valence-corrected chi connectivity index (χ1v) is 8.52. The van der Waals surface area contributed by atoms with Gasteiger partial charge in [-0.2, -0.15) is 18.0 Å². The second-order valence-electron chi connectivity index (χ2n) is 4.94. The molecule has 0 fully saturated rings. The summed E-state index contributed by atoms with van der Waals surface area (Å²) in [6, 6.07) is 9.53. The molecule has 1 aromatic rings. The predicted octanol–water partition coefficient (Wildman–Crippen LogP) is 2.20. The van der Waals surface area contributed by atoms with Gasteiger partial charge in [-0.25, -0.2) is 4.72 Å². The van der Waals surface area contributed by atoms with Crippen LogP contribution in [0.4, 0.5) is 0 Å². The maximum Gasteiger partial charge on any atom is 0.279 e. The van der Waals surface area contributed by atoms with Crippen molar-refractivity contribution in [3.05, 3.63) is 34.9 Å². The van der Waals surface area contributed by atoms with E-state index in [9.17, 15) is 8.42 Å². The van der Waals surface area contributed by atoms with Crippen LogP contribution in [0.15, 0.2) is 24.3 Å². The van der Waals surface area contributed by atoms with Crippen LogP contribution < -0.4 is 4.72 Å². The van der Waals surface area contributed by atoms with Gasteiger partial charge in [0, 0.05) is 25.2 Å². The average molecular weight is 330 g/mol. The van der Waals surface area contributed by atoms with Crippen LogP contribution in [0, 0.1) is 17.2 Å². The minimum absolute atomic E-state index is 0.181. The molecule has 0 saturated heterocycles. The molecule has 5 nitrogen and oxygen atoms in total. The summed E-state index contributed by atoms with van der Waals surface area (Å²) in [6.45, 7) is 2.21. The molecule has 0 aliphatic rings. The fourth-order valence-corrected chi connectivity index (χ4v) is 3.08. The van der Waals surface area contributed by atoms with Crippen molar-refractivity contribution in [3.63, 3.8) is 0 Å². The molecule has 1 aromatic carbocycles. The summed E-state index contributed by atoms with van der Waals surface area (Å²) in [5, 5.41) is 9.39. The second kappa shape index (κ2) is 8.35. The number of aryl methyl sites for hydroxylation is 1. The zero-order valence-electron chi connectivity index (χ0n) is 12.2. The van der Waals surface area contributed by atoms with Crippen LogP contribution in [0.1, 0.15) is 18.9 Å². The van der Waals surface area contributed by atoms with Crippen molar-refractivity contribution in [2.24, 2.45) is 5.92 Å². The lowest BCUT2D eigenvalue weighted by atomic mass is 10.1. The van der Waals surface area contributed by atoms with E-state index in [-0.39, 0.29) is 12.5 Å². The van der Waals surface area contributed by atoms with Gasteiger partial charge in [-0.3, -0.25) is 0 Å². The molecule has 0 heterocycles. The third-order valence-corrected chi connectivity index (χ3v) is 4.75. The summed E-state index contributed by atoms with van der Waals surface area (Å²) in [6.07, 6.45) is 1.43. The fraction of sp³-hybridized carbons (Fsp3) is 0.500. The Hall–Kier alpha value is -1.13. The minimum Gasteiger partial charge on any atom is -0.202 e. The van der Waals surface area contributed by atoms with E-state index in [0.29, 0.717) is 18.0 Å². The Morgan fingerprint density at radius 1 is 1.48 bits per heavy atom. The van der Waals surface area contributed by atoms with Crippen LogP contribution in [0.5, 0.6) is 0 Å². The van der Waals surface area contributed by atoms with Gasteiger partial charge in [0.15, 0.2) is 0 Å². The summed E-state index contributed by atoms with van der Waals surface area (Å²) < 4.78 is 27.6. The number of nitrogens with zero attached hydrogens (tertiary/aromatic N) is 2. The van der Waals surface area contributed by atoms with Gasteiger partial charge in [-0.05, 0) is 37.5 Å². The summed E-state index contributed by atoms with van der Waals surface area (Å²) >= 11 is 5.89. The van der Waals surface area contributed by atoms with Gasteiger partial charge in [0.05, 0.1) is 12.0 Å². The van der Waals surface area contributed by atoms with Crippen LogP contribution in [0.2, 0.25) is 5.02 Å². The topological polar surface area (TPSA) is 73.2 Å². The normalized spacial score (nSPS) is 13.1. The van der Waals surface area contributed by atoms with E-state index in [2.05, 4.69) is 4.72 Å².